The Morgan fingerprint density at radius 2 is 2.00 bits per heavy atom. The minimum atomic E-state index is -3.95. The molecule has 0 spiro atoms. The summed E-state index contributed by atoms with van der Waals surface area (Å²) in [5, 5.41) is 4.54. The highest BCUT2D eigenvalue weighted by Crippen LogP contribution is 2.32. The average molecular weight is 348 g/mol. The molecule has 0 radical (unpaired) electrons. The minimum Gasteiger partial charge on any atom is -0.218 e. The van der Waals surface area contributed by atoms with Crippen LogP contribution in [0.2, 0.25) is 5.15 Å². The standard InChI is InChI=1S/C11H7Cl2N3O2S2/c1-6-9(20(13,17)18)10(12)16(15-6)11-14-7-4-2-3-5-8(7)19-11/h2-5H,1H3. The number of nitrogens with zero attached hydrogens (tertiary/aromatic N) is 3. The van der Waals surface area contributed by atoms with Crippen LogP contribution in [-0.4, -0.2) is 23.2 Å². The van der Waals surface area contributed by atoms with Gasteiger partial charge in [0.1, 0.15) is 4.90 Å². The minimum absolute atomic E-state index is 0.0587. The van der Waals surface area contributed by atoms with Crippen molar-refractivity contribution in [1.29, 1.82) is 0 Å². The predicted octanol–water partition coefficient (Wildman–Crippen LogP) is 3.37. The zero-order valence-corrected chi connectivity index (χ0v) is 13.2. The number of aryl methyl sites for hydroxylation is 1. The lowest BCUT2D eigenvalue weighted by Gasteiger charge is -1.96. The number of fused-ring (bicyclic) bond motifs is 1. The fourth-order valence-corrected chi connectivity index (χ4v) is 4.73. The normalized spacial score (nSPS) is 12.2. The van der Waals surface area contributed by atoms with Crippen molar-refractivity contribution in [1.82, 2.24) is 14.8 Å². The van der Waals surface area contributed by atoms with Crippen LogP contribution in [0.1, 0.15) is 5.69 Å². The van der Waals surface area contributed by atoms with Crippen molar-refractivity contribution in [3.8, 4) is 5.13 Å². The van der Waals surface area contributed by atoms with Crippen molar-refractivity contribution in [2.75, 3.05) is 0 Å². The van der Waals surface area contributed by atoms with E-state index in [4.69, 9.17) is 22.3 Å². The SMILES string of the molecule is Cc1nn(-c2nc3ccccc3s2)c(Cl)c1S(=O)(=O)Cl. The Bertz CT molecular complexity index is 882. The summed E-state index contributed by atoms with van der Waals surface area (Å²) in [5.41, 5.74) is 1.04. The lowest BCUT2D eigenvalue weighted by Crippen LogP contribution is -1.96. The van der Waals surface area contributed by atoms with Gasteiger partial charge in [-0.1, -0.05) is 35.1 Å². The van der Waals surface area contributed by atoms with Gasteiger partial charge in [0.2, 0.25) is 5.13 Å². The average Bonchev–Trinajstić information content (AvgIpc) is 2.88. The van der Waals surface area contributed by atoms with E-state index < -0.39 is 9.05 Å². The van der Waals surface area contributed by atoms with Gasteiger partial charge in [0, 0.05) is 10.7 Å². The fraction of sp³-hybridized carbons (Fsp3) is 0.0909. The van der Waals surface area contributed by atoms with E-state index in [0.717, 1.165) is 10.2 Å². The Morgan fingerprint density at radius 3 is 2.60 bits per heavy atom. The maximum absolute atomic E-state index is 11.5. The monoisotopic (exact) mass is 347 g/mol. The van der Waals surface area contributed by atoms with E-state index in [1.54, 1.807) is 0 Å². The molecule has 3 rings (SSSR count). The van der Waals surface area contributed by atoms with E-state index in [1.165, 1.54) is 22.9 Å². The van der Waals surface area contributed by atoms with E-state index in [1.807, 2.05) is 24.3 Å². The molecule has 0 saturated carbocycles. The highest BCUT2D eigenvalue weighted by atomic mass is 35.7. The molecule has 0 aliphatic rings. The number of thiazole rings is 1. The first-order valence-corrected chi connectivity index (χ1v) is 8.94. The molecule has 1 aromatic carbocycles. The molecule has 0 atom stereocenters. The third-order valence-electron chi connectivity index (χ3n) is 2.66. The van der Waals surface area contributed by atoms with E-state index in [-0.39, 0.29) is 15.7 Å². The lowest BCUT2D eigenvalue weighted by atomic mass is 10.3. The van der Waals surface area contributed by atoms with Gasteiger partial charge in [-0.15, -0.1) is 0 Å². The van der Waals surface area contributed by atoms with E-state index in [0.29, 0.717) is 5.13 Å². The number of para-hydroxylation sites is 1. The second-order valence-corrected chi connectivity index (χ2v) is 7.89. The second kappa shape index (κ2) is 4.70. The van der Waals surface area contributed by atoms with Gasteiger partial charge in [-0.05, 0) is 19.1 Å². The summed E-state index contributed by atoms with van der Waals surface area (Å²) in [6.45, 7) is 1.53. The van der Waals surface area contributed by atoms with Gasteiger partial charge in [0.05, 0.1) is 15.9 Å². The van der Waals surface area contributed by atoms with Crippen LogP contribution in [0.25, 0.3) is 15.3 Å². The van der Waals surface area contributed by atoms with Crippen LogP contribution < -0.4 is 0 Å². The van der Waals surface area contributed by atoms with Gasteiger partial charge >= 0.3 is 0 Å². The van der Waals surface area contributed by atoms with E-state index in [2.05, 4.69) is 10.1 Å². The van der Waals surface area contributed by atoms with Gasteiger partial charge in [0.25, 0.3) is 9.05 Å². The highest BCUT2D eigenvalue weighted by Gasteiger charge is 2.25. The molecule has 0 bridgehead atoms. The molecule has 0 saturated heterocycles. The molecule has 0 aliphatic heterocycles. The van der Waals surface area contributed by atoms with E-state index >= 15 is 0 Å². The largest absolute Gasteiger partial charge is 0.266 e. The summed E-state index contributed by atoms with van der Waals surface area (Å²) in [7, 11) is 1.42. The van der Waals surface area contributed by atoms with Crippen molar-refractivity contribution < 1.29 is 8.42 Å². The third kappa shape index (κ3) is 2.20. The molecule has 20 heavy (non-hydrogen) atoms. The van der Waals surface area contributed by atoms with Crippen LogP contribution in [0.4, 0.5) is 0 Å². The summed E-state index contributed by atoms with van der Waals surface area (Å²) < 4.78 is 25.3. The van der Waals surface area contributed by atoms with E-state index in [9.17, 15) is 8.42 Å². The number of aromatic nitrogens is 3. The molecular formula is C11H7Cl2N3O2S2. The van der Waals surface area contributed by atoms with Crippen LogP contribution in [-0.2, 0) is 9.05 Å². The van der Waals surface area contributed by atoms with Crippen LogP contribution in [0.15, 0.2) is 29.2 Å². The molecule has 2 aromatic heterocycles. The smallest absolute Gasteiger partial charge is 0.218 e. The number of hydrogen-bond acceptors (Lipinski definition) is 5. The number of halogens is 2. The van der Waals surface area contributed by atoms with Crippen LogP contribution >= 0.6 is 33.6 Å². The van der Waals surface area contributed by atoms with Gasteiger partial charge in [-0.2, -0.15) is 9.78 Å². The molecule has 0 aliphatic carbocycles. The Hall–Kier alpha value is -1.15. The molecule has 3 aromatic rings. The summed E-state index contributed by atoms with van der Waals surface area (Å²) in [5.74, 6) is 0. The van der Waals surface area contributed by atoms with Crippen LogP contribution in [0.3, 0.4) is 0 Å². The zero-order chi connectivity index (χ0) is 14.5. The molecule has 0 N–H and O–H groups in total. The summed E-state index contributed by atoms with van der Waals surface area (Å²) >= 11 is 7.44. The summed E-state index contributed by atoms with van der Waals surface area (Å²) in [6.07, 6.45) is 0. The van der Waals surface area contributed by atoms with Crippen molar-refractivity contribution in [3.63, 3.8) is 0 Å². The molecule has 104 valence electrons. The molecule has 0 amide bonds. The molecule has 0 fully saturated rings. The summed E-state index contributed by atoms with van der Waals surface area (Å²) in [4.78, 5) is 4.20. The molecule has 5 nitrogen and oxygen atoms in total. The van der Waals surface area contributed by atoms with Gasteiger partial charge in [-0.25, -0.2) is 13.4 Å². The Labute approximate surface area is 128 Å². The second-order valence-electron chi connectivity index (χ2n) is 4.02. The van der Waals surface area contributed by atoms with Crippen molar-refractivity contribution in [3.05, 3.63) is 35.1 Å². The molecule has 2 heterocycles. The highest BCUT2D eigenvalue weighted by molar-refractivity contribution is 8.13. The Kier molecular flexibility index (Phi) is 3.24. The number of hydrogen-bond donors (Lipinski definition) is 0. The Morgan fingerprint density at radius 1 is 1.30 bits per heavy atom. The zero-order valence-electron chi connectivity index (χ0n) is 10.0. The van der Waals surface area contributed by atoms with Gasteiger partial charge in [0.15, 0.2) is 5.15 Å². The predicted molar refractivity (Wildman–Crippen MR) is 79.5 cm³/mol. The maximum Gasteiger partial charge on any atom is 0.266 e. The first-order valence-electron chi connectivity index (χ1n) is 5.43. The first kappa shape index (κ1) is 13.8. The topological polar surface area (TPSA) is 64.8 Å². The van der Waals surface area contributed by atoms with Crippen LogP contribution in [0.5, 0.6) is 0 Å². The lowest BCUT2D eigenvalue weighted by molar-refractivity contribution is 0.609. The molecule has 0 unspecified atom stereocenters. The third-order valence-corrected chi connectivity index (χ3v) is 5.57. The van der Waals surface area contributed by atoms with Gasteiger partial charge < -0.3 is 0 Å². The fourth-order valence-electron chi connectivity index (χ4n) is 1.84. The summed E-state index contributed by atoms with van der Waals surface area (Å²) in [6, 6.07) is 7.55. The maximum atomic E-state index is 11.5. The van der Waals surface area contributed by atoms with Crippen LogP contribution in [0, 0.1) is 6.92 Å². The number of benzene rings is 1. The van der Waals surface area contributed by atoms with Crippen molar-refractivity contribution in [2.45, 2.75) is 11.8 Å². The number of rotatable bonds is 2. The molecule has 9 heteroatoms. The van der Waals surface area contributed by atoms with Crippen molar-refractivity contribution in [2.24, 2.45) is 0 Å². The quantitative estimate of drug-likeness (QED) is 0.666. The first-order chi connectivity index (χ1) is 9.38. The van der Waals surface area contributed by atoms with Crippen molar-refractivity contribution >= 4 is 52.9 Å². The Balaban J connectivity index is 2.25. The van der Waals surface area contributed by atoms with Gasteiger partial charge in [-0.3, -0.25) is 0 Å². The molecular weight excluding hydrogens is 341 g/mol.